The third kappa shape index (κ3) is 6.44. The van der Waals surface area contributed by atoms with Crippen LogP contribution < -0.4 is 5.32 Å². The summed E-state index contributed by atoms with van der Waals surface area (Å²) in [7, 11) is 0. The number of thioether (sulfide) groups is 1. The zero-order valence-electron chi connectivity index (χ0n) is 11.6. The van der Waals surface area contributed by atoms with Crippen LogP contribution in [-0.4, -0.2) is 45.6 Å². The minimum atomic E-state index is -5.08. The molecule has 2 rings (SSSR count). The number of carbonyl (C=O) groups is 1. The van der Waals surface area contributed by atoms with Gasteiger partial charge in [0.2, 0.25) is 0 Å². The van der Waals surface area contributed by atoms with Gasteiger partial charge in [-0.15, -0.1) is 6.58 Å². The van der Waals surface area contributed by atoms with E-state index >= 15 is 0 Å². The lowest BCUT2D eigenvalue weighted by Gasteiger charge is -2.14. The lowest BCUT2D eigenvalue weighted by atomic mass is 10.1. The van der Waals surface area contributed by atoms with E-state index in [0.717, 1.165) is 24.7 Å². The van der Waals surface area contributed by atoms with E-state index < -0.39 is 12.1 Å². The second kappa shape index (κ2) is 8.74. The number of allylic oxidation sites excluding steroid dienone is 1. The van der Waals surface area contributed by atoms with Gasteiger partial charge >= 0.3 is 12.1 Å². The van der Waals surface area contributed by atoms with Gasteiger partial charge in [-0.2, -0.15) is 13.2 Å². The van der Waals surface area contributed by atoms with Gasteiger partial charge < -0.3 is 10.4 Å². The van der Waals surface area contributed by atoms with E-state index in [0.29, 0.717) is 11.2 Å². The Kier molecular flexibility index (Phi) is 7.33. The summed E-state index contributed by atoms with van der Waals surface area (Å²) in [5, 5.41) is 12.0. The van der Waals surface area contributed by atoms with Crippen LogP contribution in [-0.2, 0) is 4.79 Å². The number of aliphatic carboxylic acids is 1. The first kappa shape index (κ1) is 18.4. The summed E-state index contributed by atoms with van der Waals surface area (Å²) in [5.74, 6) is -2.09. The Balaban J connectivity index is 0.000000295. The van der Waals surface area contributed by atoms with E-state index in [4.69, 9.17) is 9.90 Å². The van der Waals surface area contributed by atoms with Crippen LogP contribution in [0.2, 0.25) is 0 Å². The average Bonchev–Trinajstić information content (AvgIpc) is 2.87. The molecule has 0 aliphatic carbocycles. The minimum absolute atomic E-state index is 0.574. The Morgan fingerprint density at radius 1 is 1.45 bits per heavy atom. The molecule has 0 spiro atoms. The molecule has 0 amide bonds. The van der Waals surface area contributed by atoms with Crippen LogP contribution in [0.3, 0.4) is 0 Å². The first-order valence-electron chi connectivity index (χ1n) is 6.40. The second-order valence-corrected chi connectivity index (χ2v) is 5.64. The van der Waals surface area contributed by atoms with Crippen molar-refractivity contribution in [3.8, 4) is 0 Å². The maximum Gasteiger partial charge on any atom is 0.490 e. The SMILES string of the molecule is C=CC[C@H]1CNC[C@@H]1Sc1ncccn1.O=C(O)C(F)(F)F. The summed E-state index contributed by atoms with van der Waals surface area (Å²) in [5.41, 5.74) is 0. The Labute approximate surface area is 130 Å². The van der Waals surface area contributed by atoms with Gasteiger partial charge in [0.05, 0.1) is 0 Å². The zero-order chi connectivity index (χ0) is 16.6. The lowest BCUT2D eigenvalue weighted by Crippen LogP contribution is -2.21. The van der Waals surface area contributed by atoms with Crippen molar-refractivity contribution in [2.75, 3.05) is 13.1 Å². The van der Waals surface area contributed by atoms with E-state index in [9.17, 15) is 13.2 Å². The molecule has 2 atom stereocenters. The Morgan fingerprint density at radius 3 is 2.55 bits per heavy atom. The number of carboxylic acid groups (broad SMARTS) is 1. The zero-order valence-corrected chi connectivity index (χ0v) is 12.4. The van der Waals surface area contributed by atoms with Crippen molar-refractivity contribution in [2.24, 2.45) is 5.92 Å². The largest absolute Gasteiger partial charge is 0.490 e. The van der Waals surface area contributed by atoms with Gasteiger partial charge in [-0.05, 0) is 24.9 Å². The van der Waals surface area contributed by atoms with Crippen molar-refractivity contribution in [3.63, 3.8) is 0 Å². The number of hydrogen-bond donors (Lipinski definition) is 2. The molecule has 9 heteroatoms. The molecule has 0 unspecified atom stereocenters. The molecule has 1 saturated heterocycles. The number of hydrogen-bond acceptors (Lipinski definition) is 5. The maximum absolute atomic E-state index is 10.6. The first-order valence-corrected chi connectivity index (χ1v) is 7.28. The number of rotatable bonds is 4. The highest BCUT2D eigenvalue weighted by atomic mass is 32.2. The normalized spacial score (nSPS) is 20.9. The third-order valence-corrected chi connectivity index (χ3v) is 4.06. The van der Waals surface area contributed by atoms with Gasteiger partial charge in [-0.25, -0.2) is 14.8 Å². The maximum atomic E-state index is 10.6. The highest BCUT2D eigenvalue weighted by molar-refractivity contribution is 7.99. The lowest BCUT2D eigenvalue weighted by molar-refractivity contribution is -0.192. The molecular weight excluding hydrogens is 319 g/mol. The van der Waals surface area contributed by atoms with Crippen LogP contribution in [0.5, 0.6) is 0 Å². The van der Waals surface area contributed by atoms with Crippen molar-refractivity contribution < 1.29 is 23.1 Å². The highest BCUT2D eigenvalue weighted by Crippen LogP contribution is 2.29. The Bertz CT molecular complexity index is 485. The summed E-state index contributed by atoms with van der Waals surface area (Å²) in [6.07, 6.45) is 1.56. The first-order chi connectivity index (χ1) is 10.3. The van der Waals surface area contributed by atoms with Crippen molar-refractivity contribution in [3.05, 3.63) is 31.1 Å². The molecule has 1 aromatic heterocycles. The van der Waals surface area contributed by atoms with E-state index in [-0.39, 0.29) is 0 Å². The summed E-state index contributed by atoms with van der Waals surface area (Å²) >= 11 is 1.77. The van der Waals surface area contributed by atoms with E-state index in [1.54, 1.807) is 24.2 Å². The van der Waals surface area contributed by atoms with Gasteiger partial charge in [0.15, 0.2) is 5.16 Å². The number of aromatic nitrogens is 2. The fraction of sp³-hybridized carbons (Fsp3) is 0.462. The van der Waals surface area contributed by atoms with Crippen LogP contribution in [0.25, 0.3) is 0 Å². The van der Waals surface area contributed by atoms with E-state index in [2.05, 4.69) is 21.9 Å². The van der Waals surface area contributed by atoms with Gasteiger partial charge in [-0.3, -0.25) is 0 Å². The smallest absolute Gasteiger partial charge is 0.475 e. The standard InChI is InChI=1S/C11H15N3S.C2HF3O2/c1-2-4-9-7-12-8-10(9)15-11-13-5-3-6-14-11;3-2(4,5)1(6)7/h2-3,5-6,9-10,12H,1,4,7-8H2;(H,6,7)/t9-,10-;/m0./s1. The van der Waals surface area contributed by atoms with Crippen molar-refractivity contribution in [1.82, 2.24) is 15.3 Å². The average molecular weight is 335 g/mol. The monoisotopic (exact) mass is 335 g/mol. The molecular formula is C13H16F3N3O2S. The number of nitrogens with one attached hydrogen (secondary N) is 1. The molecule has 0 bridgehead atoms. The molecule has 0 radical (unpaired) electrons. The number of nitrogens with zero attached hydrogens (tertiary/aromatic N) is 2. The van der Waals surface area contributed by atoms with Crippen LogP contribution in [0.1, 0.15) is 6.42 Å². The number of halogens is 3. The molecule has 1 aliphatic rings. The van der Waals surface area contributed by atoms with E-state index in [1.807, 2.05) is 12.1 Å². The quantitative estimate of drug-likeness (QED) is 0.650. The molecule has 122 valence electrons. The molecule has 1 fully saturated rings. The predicted molar refractivity (Wildman–Crippen MR) is 76.5 cm³/mol. The van der Waals surface area contributed by atoms with Gasteiger partial charge in [0.25, 0.3) is 0 Å². The van der Waals surface area contributed by atoms with Gasteiger partial charge in [0.1, 0.15) is 0 Å². The van der Waals surface area contributed by atoms with Gasteiger partial charge in [-0.1, -0.05) is 17.8 Å². The number of carboxylic acids is 1. The molecule has 0 saturated carbocycles. The Hall–Kier alpha value is -1.61. The number of alkyl halides is 3. The summed E-state index contributed by atoms with van der Waals surface area (Å²) in [4.78, 5) is 17.4. The molecule has 0 aromatic carbocycles. The van der Waals surface area contributed by atoms with Crippen LogP contribution in [0.4, 0.5) is 13.2 Å². The summed E-state index contributed by atoms with van der Waals surface area (Å²) in [6, 6.07) is 1.85. The summed E-state index contributed by atoms with van der Waals surface area (Å²) in [6.45, 7) is 5.92. The van der Waals surface area contributed by atoms with Crippen molar-refractivity contribution >= 4 is 17.7 Å². The molecule has 5 nitrogen and oxygen atoms in total. The fourth-order valence-corrected chi connectivity index (χ4v) is 2.89. The van der Waals surface area contributed by atoms with Crippen molar-refractivity contribution in [1.29, 1.82) is 0 Å². The van der Waals surface area contributed by atoms with E-state index in [1.165, 1.54) is 0 Å². The predicted octanol–water partition coefficient (Wildman–Crippen LogP) is 2.37. The van der Waals surface area contributed by atoms with Gasteiger partial charge in [0, 0.05) is 24.2 Å². The molecule has 1 aromatic rings. The third-order valence-electron chi connectivity index (χ3n) is 2.79. The van der Waals surface area contributed by atoms with Crippen molar-refractivity contribution in [2.45, 2.75) is 23.0 Å². The Morgan fingerprint density at radius 2 is 2.05 bits per heavy atom. The molecule has 1 aliphatic heterocycles. The fourth-order valence-electron chi connectivity index (χ4n) is 1.78. The minimum Gasteiger partial charge on any atom is -0.475 e. The van der Waals surface area contributed by atoms with Crippen LogP contribution >= 0.6 is 11.8 Å². The van der Waals surface area contributed by atoms with Crippen LogP contribution in [0.15, 0.2) is 36.3 Å². The molecule has 2 heterocycles. The topological polar surface area (TPSA) is 75.1 Å². The highest BCUT2D eigenvalue weighted by Gasteiger charge is 2.38. The van der Waals surface area contributed by atoms with Crippen LogP contribution in [0, 0.1) is 5.92 Å². The second-order valence-electron chi connectivity index (χ2n) is 4.43. The summed E-state index contributed by atoms with van der Waals surface area (Å²) < 4.78 is 31.7. The molecule has 22 heavy (non-hydrogen) atoms. The molecule has 2 N–H and O–H groups in total.